The van der Waals surface area contributed by atoms with Gasteiger partial charge in [-0.3, -0.25) is 9.59 Å². The van der Waals surface area contributed by atoms with Gasteiger partial charge in [0.15, 0.2) is 5.82 Å². The number of nitrogens with one attached hydrogen (secondary N) is 2. The number of carbonyl (C=O) groups excluding carboxylic acids is 3. The molecule has 2 heterocycles. The molecule has 11 heteroatoms. The van der Waals surface area contributed by atoms with Gasteiger partial charge in [0.25, 0.3) is 11.8 Å². The van der Waals surface area contributed by atoms with Crippen LogP contribution in [-0.4, -0.2) is 29.2 Å². The third-order valence-corrected chi connectivity index (χ3v) is 3.64. The van der Waals surface area contributed by atoms with Gasteiger partial charge in [-0.1, -0.05) is 11.6 Å². The quantitative estimate of drug-likeness (QED) is 0.601. The molecule has 2 amide bonds. The molecular weight excluding hydrogens is 357 g/mol. The Balaban J connectivity index is 1.81. The maximum atomic E-state index is 14.3. The van der Waals surface area contributed by atoms with E-state index >= 15 is 0 Å². The molecule has 0 bridgehead atoms. The highest BCUT2D eigenvalue weighted by Gasteiger charge is 2.32. The topological polar surface area (TPSA) is 103 Å². The fraction of sp³-hybridized carbons (Fsp3) is 0.143. The molecule has 0 unspecified atom stereocenters. The molecule has 1 saturated heterocycles. The summed E-state index contributed by atoms with van der Waals surface area (Å²) in [5.41, 5.74) is 5.36. The molecule has 9 nitrogen and oxygen atoms in total. The minimum Gasteiger partial charge on any atom is -0.326 e. The lowest BCUT2D eigenvalue weighted by Crippen LogP contribution is -2.37. The number of imide groups is 1. The Morgan fingerprint density at radius 1 is 1.32 bits per heavy atom. The Bertz CT molecular complexity index is 797. The third-order valence-electron chi connectivity index (χ3n) is 3.35. The molecule has 0 radical (unpaired) electrons. The van der Waals surface area contributed by atoms with E-state index in [1.54, 1.807) is 0 Å². The van der Waals surface area contributed by atoms with Gasteiger partial charge in [-0.05, 0) is 18.2 Å². The van der Waals surface area contributed by atoms with E-state index in [1.165, 1.54) is 23.5 Å². The number of rotatable bonds is 4. The molecule has 0 aliphatic carbocycles. The van der Waals surface area contributed by atoms with E-state index in [2.05, 4.69) is 21.0 Å². The Kier molecular flexibility index (Phi) is 4.63. The van der Waals surface area contributed by atoms with Crippen LogP contribution in [0.3, 0.4) is 0 Å². The first kappa shape index (κ1) is 16.9. The van der Waals surface area contributed by atoms with Crippen LogP contribution in [0, 0.1) is 5.82 Å². The number of hydroxylamine groups is 2. The lowest BCUT2D eigenvalue weighted by Gasteiger charge is -2.17. The highest BCUT2D eigenvalue weighted by molar-refractivity contribution is 6.31. The van der Waals surface area contributed by atoms with Gasteiger partial charge in [-0.2, -0.15) is 5.10 Å². The fourth-order valence-corrected chi connectivity index (χ4v) is 2.34. The van der Waals surface area contributed by atoms with Crippen molar-refractivity contribution in [2.45, 2.75) is 12.8 Å². The van der Waals surface area contributed by atoms with Gasteiger partial charge in [0, 0.05) is 24.5 Å². The van der Waals surface area contributed by atoms with Crippen LogP contribution in [0.25, 0.3) is 6.08 Å². The van der Waals surface area contributed by atoms with Crippen molar-refractivity contribution < 1.29 is 23.6 Å². The lowest BCUT2D eigenvalue weighted by molar-refractivity contribution is -0.193. The number of benzene rings is 1. The Morgan fingerprint density at radius 3 is 2.68 bits per heavy atom. The molecule has 1 aromatic rings. The number of hydrogen-bond acceptors (Lipinski definition) is 8. The van der Waals surface area contributed by atoms with Crippen LogP contribution in [-0.2, 0) is 19.2 Å². The highest BCUT2D eigenvalue weighted by atomic mass is 35.5. The van der Waals surface area contributed by atoms with Crippen molar-refractivity contribution in [3.8, 4) is 0 Å². The number of hydrogen-bond donors (Lipinski definition) is 2. The minimum absolute atomic E-state index is 0.0180. The SMILES string of the molecule is O=C(/C=C/c1c(N2C=NNN2)ccc(Cl)c1F)ON1C(=O)CCC1=O. The molecule has 130 valence electrons. The largest absolute Gasteiger partial charge is 0.356 e. The molecule has 0 saturated carbocycles. The third kappa shape index (κ3) is 3.44. The number of amides is 2. The summed E-state index contributed by atoms with van der Waals surface area (Å²) in [5.74, 6) is -2.98. The summed E-state index contributed by atoms with van der Waals surface area (Å²) in [6, 6.07) is 2.85. The van der Waals surface area contributed by atoms with Gasteiger partial charge >= 0.3 is 5.97 Å². The predicted molar refractivity (Wildman–Crippen MR) is 84.9 cm³/mol. The van der Waals surface area contributed by atoms with Crippen LogP contribution < -0.4 is 16.1 Å². The second kappa shape index (κ2) is 6.87. The number of nitrogens with zero attached hydrogens (tertiary/aromatic N) is 3. The zero-order valence-corrected chi connectivity index (χ0v) is 13.3. The van der Waals surface area contributed by atoms with Crippen molar-refractivity contribution >= 4 is 47.5 Å². The summed E-state index contributed by atoms with van der Waals surface area (Å²) >= 11 is 5.77. The van der Waals surface area contributed by atoms with Gasteiger partial charge < -0.3 is 4.84 Å². The van der Waals surface area contributed by atoms with E-state index in [0.29, 0.717) is 10.8 Å². The zero-order chi connectivity index (χ0) is 18.0. The highest BCUT2D eigenvalue weighted by Crippen LogP contribution is 2.29. The monoisotopic (exact) mass is 367 g/mol. The first-order valence-corrected chi connectivity index (χ1v) is 7.42. The van der Waals surface area contributed by atoms with Crippen LogP contribution in [0.2, 0.25) is 5.02 Å². The van der Waals surface area contributed by atoms with Crippen molar-refractivity contribution in [2.75, 3.05) is 5.01 Å². The number of hydrazone groups is 1. The van der Waals surface area contributed by atoms with Gasteiger partial charge in [0.05, 0.1) is 10.7 Å². The van der Waals surface area contributed by atoms with Crippen LogP contribution in [0.15, 0.2) is 23.3 Å². The standard InChI is InChI=1S/C14H11ClFN5O4/c15-9-2-3-10(20-7-17-18-19-20)8(14(9)16)1-6-13(24)25-21-11(22)4-5-12(21)23/h1-3,6-7,18-19H,4-5H2/b6-1+. The maximum Gasteiger partial charge on any atom is 0.356 e. The second-order valence-corrected chi connectivity index (χ2v) is 5.37. The smallest absolute Gasteiger partial charge is 0.326 e. The van der Waals surface area contributed by atoms with Gasteiger partial charge in [0.1, 0.15) is 6.34 Å². The fourth-order valence-electron chi connectivity index (χ4n) is 2.18. The van der Waals surface area contributed by atoms with E-state index in [4.69, 9.17) is 11.6 Å². The average molecular weight is 368 g/mol. The van der Waals surface area contributed by atoms with E-state index in [9.17, 15) is 18.8 Å². The van der Waals surface area contributed by atoms with Crippen LogP contribution in [0.1, 0.15) is 18.4 Å². The summed E-state index contributed by atoms with van der Waals surface area (Å²) in [6.07, 6.45) is 3.32. The molecule has 1 aromatic carbocycles. The van der Waals surface area contributed by atoms with Crippen LogP contribution >= 0.6 is 11.6 Å². The van der Waals surface area contributed by atoms with Crippen molar-refractivity contribution in [2.24, 2.45) is 5.10 Å². The van der Waals surface area contributed by atoms with Gasteiger partial charge in [0.2, 0.25) is 0 Å². The molecule has 0 atom stereocenters. The van der Waals surface area contributed by atoms with E-state index < -0.39 is 23.6 Å². The summed E-state index contributed by atoms with van der Waals surface area (Å²) in [4.78, 5) is 39.3. The van der Waals surface area contributed by atoms with E-state index in [0.717, 1.165) is 12.2 Å². The van der Waals surface area contributed by atoms with Crippen molar-refractivity contribution in [3.05, 3.63) is 34.6 Å². The normalized spacial score (nSPS) is 16.9. The number of anilines is 1. The Hall–Kier alpha value is -2.98. The van der Waals surface area contributed by atoms with Crippen LogP contribution in [0.5, 0.6) is 0 Å². The number of carbonyl (C=O) groups is 3. The van der Waals surface area contributed by atoms with Crippen molar-refractivity contribution in [1.29, 1.82) is 0 Å². The first-order valence-electron chi connectivity index (χ1n) is 7.04. The second-order valence-electron chi connectivity index (χ2n) is 4.96. The summed E-state index contributed by atoms with van der Waals surface area (Å²) < 4.78 is 14.3. The molecular formula is C14H11ClFN5O4. The number of halogens is 2. The van der Waals surface area contributed by atoms with Crippen molar-refractivity contribution in [1.82, 2.24) is 16.1 Å². The van der Waals surface area contributed by atoms with E-state index in [1.807, 2.05) is 0 Å². The molecule has 0 spiro atoms. The molecule has 1 fully saturated rings. The zero-order valence-electron chi connectivity index (χ0n) is 12.5. The molecule has 25 heavy (non-hydrogen) atoms. The predicted octanol–water partition coefficient (Wildman–Crippen LogP) is 0.872. The van der Waals surface area contributed by atoms with Gasteiger partial charge in [-0.15, -0.1) is 10.6 Å². The van der Waals surface area contributed by atoms with Gasteiger partial charge in [-0.25, -0.2) is 19.7 Å². The number of hydrazine groups is 2. The minimum atomic E-state index is -1.00. The molecule has 0 aromatic heterocycles. The molecule has 3 rings (SSSR count). The van der Waals surface area contributed by atoms with E-state index in [-0.39, 0.29) is 23.4 Å². The molecule has 2 aliphatic heterocycles. The van der Waals surface area contributed by atoms with Crippen LogP contribution in [0.4, 0.5) is 10.1 Å². The summed E-state index contributed by atoms with van der Waals surface area (Å²) in [5, 5.41) is 5.32. The first-order chi connectivity index (χ1) is 12.0. The average Bonchev–Trinajstić information content (AvgIpc) is 3.22. The maximum absolute atomic E-state index is 14.3. The molecule has 2 aliphatic rings. The Labute approximate surface area is 145 Å². The summed E-state index contributed by atoms with van der Waals surface area (Å²) in [7, 11) is 0. The van der Waals surface area contributed by atoms with Crippen molar-refractivity contribution in [3.63, 3.8) is 0 Å². The molecule has 2 N–H and O–H groups in total. The lowest BCUT2D eigenvalue weighted by atomic mass is 10.1. The summed E-state index contributed by atoms with van der Waals surface area (Å²) in [6.45, 7) is 0. The Morgan fingerprint density at radius 2 is 2.04 bits per heavy atom.